The molecule has 0 radical (unpaired) electrons. The van der Waals surface area contributed by atoms with Crippen molar-refractivity contribution in [1.82, 2.24) is 19.9 Å². The third-order valence-electron chi connectivity index (χ3n) is 3.32. The Balaban J connectivity index is 1.79. The number of aromatic nitrogens is 3. The van der Waals surface area contributed by atoms with Crippen molar-refractivity contribution in [3.05, 3.63) is 40.4 Å². The lowest BCUT2D eigenvalue weighted by molar-refractivity contribution is 0.243. The minimum atomic E-state index is 0.426. The third-order valence-corrected chi connectivity index (χ3v) is 4.09. The van der Waals surface area contributed by atoms with Gasteiger partial charge in [-0.05, 0) is 32.4 Å². The van der Waals surface area contributed by atoms with Crippen molar-refractivity contribution in [1.29, 1.82) is 0 Å². The van der Waals surface area contributed by atoms with E-state index in [1.165, 1.54) is 17.8 Å². The first kappa shape index (κ1) is 11.7. The molecule has 18 heavy (non-hydrogen) atoms. The molecule has 0 saturated carbocycles. The minimum Gasteiger partial charge on any atom is -0.288 e. The lowest BCUT2D eigenvalue weighted by Crippen LogP contribution is -2.23. The van der Waals surface area contributed by atoms with Crippen LogP contribution >= 0.6 is 11.3 Å². The highest BCUT2D eigenvalue weighted by Gasteiger charge is 2.27. The van der Waals surface area contributed by atoms with E-state index in [0.717, 1.165) is 24.6 Å². The van der Waals surface area contributed by atoms with Gasteiger partial charge >= 0.3 is 0 Å². The molecular formula is C13H16N4S. The number of rotatable bonds is 3. The van der Waals surface area contributed by atoms with Crippen molar-refractivity contribution in [3.8, 4) is 0 Å². The molecule has 0 aromatic carbocycles. The molecule has 0 spiro atoms. The van der Waals surface area contributed by atoms with Gasteiger partial charge in [-0.15, -0.1) is 11.3 Å². The summed E-state index contributed by atoms with van der Waals surface area (Å²) in [5, 5.41) is 3.22. The van der Waals surface area contributed by atoms with Crippen LogP contribution in [0.2, 0.25) is 0 Å². The van der Waals surface area contributed by atoms with Gasteiger partial charge in [-0.2, -0.15) is 0 Å². The second-order valence-electron chi connectivity index (χ2n) is 4.58. The standard InChI is InChI=1S/C13H16N4S/c1-10-14-5-4-11(16-10)12-3-2-7-17(12)9-13-15-6-8-18-13/h4-6,8,12H,2-3,7,9H2,1H3. The SMILES string of the molecule is Cc1nccc(C2CCCN2Cc2nccs2)n1. The quantitative estimate of drug-likeness (QED) is 0.850. The maximum Gasteiger partial charge on any atom is 0.125 e. The minimum absolute atomic E-state index is 0.426. The van der Waals surface area contributed by atoms with Crippen molar-refractivity contribution < 1.29 is 0 Å². The largest absolute Gasteiger partial charge is 0.288 e. The highest BCUT2D eigenvalue weighted by molar-refractivity contribution is 7.09. The Morgan fingerprint density at radius 1 is 1.39 bits per heavy atom. The van der Waals surface area contributed by atoms with Crippen molar-refractivity contribution >= 4 is 11.3 Å². The highest BCUT2D eigenvalue weighted by Crippen LogP contribution is 2.32. The summed E-state index contributed by atoms with van der Waals surface area (Å²) >= 11 is 1.72. The average molecular weight is 260 g/mol. The maximum absolute atomic E-state index is 4.56. The van der Waals surface area contributed by atoms with Crippen LogP contribution in [0, 0.1) is 6.92 Å². The van der Waals surface area contributed by atoms with Gasteiger partial charge in [0.15, 0.2) is 0 Å². The molecule has 2 aromatic rings. The average Bonchev–Trinajstić information content (AvgIpc) is 3.01. The van der Waals surface area contributed by atoms with Crippen LogP contribution in [0.1, 0.15) is 35.4 Å². The first-order valence-corrected chi connectivity index (χ1v) is 7.13. The Kier molecular flexibility index (Phi) is 3.34. The topological polar surface area (TPSA) is 41.9 Å². The number of likely N-dealkylation sites (tertiary alicyclic amines) is 1. The zero-order valence-electron chi connectivity index (χ0n) is 10.4. The molecule has 3 heterocycles. The summed E-state index contributed by atoms with van der Waals surface area (Å²) in [6.45, 7) is 4.02. The number of hydrogen-bond acceptors (Lipinski definition) is 5. The Bertz CT molecular complexity index is 511. The summed E-state index contributed by atoms with van der Waals surface area (Å²) in [6.07, 6.45) is 6.15. The molecule has 1 aliphatic rings. The molecule has 2 aromatic heterocycles. The fourth-order valence-electron chi connectivity index (χ4n) is 2.52. The first-order valence-electron chi connectivity index (χ1n) is 6.25. The summed E-state index contributed by atoms with van der Waals surface area (Å²) in [4.78, 5) is 15.6. The summed E-state index contributed by atoms with van der Waals surface area (Å²) in [6, 6.07) is 2.47. The Hall–Kier alpha value is -1.33. The Labute approximate surface area is 111 Å². The third kappa shape index (κ3) is 2.42. The molecule has 0 bridgehead atoms. The zero-order valence-corrected chi connectivity index (χ0v) is 11.2. The van der Waals surface area contributed by atoms with E-state index in [-0.39, 0.29) is 0 Å². The van der Waals surface area contributed by atoms with E-state index in [1.807, 2.05) is 30.8 Å². The molecule has 4 nitrogen and oxygen atoms in total. The van der Waals surface area contributed by atoms with Crippen molar-refractivity contribution in [2.75, 3.05) is 6.54 Å². The molecule has 5 heteroatoms. The van der Waals surface area contributed by atoms with Gasteiger partial charge in [0, 0.05) is 17.8 Å². The van der Waals surface area contributed by atoms with Gasteiger partial charge in [0.25, 0.3) is 0 Å². The summed E-state index contributed by atoms with van der Waals surface area (Å²) in [7, 11) is 0. The predicted octanol–water partition coefficient (Wildman–Crippen LogP) is 2.58. The molecule has 1 saturated heterocycles. The molecule has 1 fully saturated rings. The van der Waals surface area contributed by atoms with Gasteiger partial charge in [0.1, 0.15) is 10.8 Å². The van der Waals surface area contributed by atoms with Gasteiger partial charge < -0.3 is 0 Å². The number of thiazole rings is 1. The van der Waals surface area contributed by atoms with Crippen LogP contribution in [-0.4, -0.2) is 26.4 Å². The van der Waals surface area contributed by atoms with Gasteiger partial charge in [-0.25, -0.2) is 15.0 Å². The monoisotopic (exact) mass is 260 g/mol. The highest BCUT2D eigenvalue weighted by atomic mass is 32.1. The van der Waals surface area contributed by atoms with E-state index in [4.69, 9.17) is 0 Å². The van der Waals surface area contributed by atoms with Crippen LogP contribution in [0.4, 0.5) is 0 Å². The molecule has 1 atom stereocenters. The molecular weight excluding hydrogens is 244 g/mol. The smallest absolute Gasteiger partial charge is 0.125 e. The van der Waals surface area contributed by atoms with Crippen LogP contribution in [0.15, 0.2) is 23.8 Å². The van der Waals surface area contributed by atoms with E-state index in [1.54, 1.807) is 11.3 Å². The van der Waals surface area contributed by atoms with E-state index in [2.05, 4.69) is 19.9 Å². The summed E-state index contributed by atoms with van der Waals surface area (Å²) in [5.41, 5.74) is 1.15. The molecule has 3 rings (SSSR count). The lowest BCUT2D eigenvalue weighted by Gasteiger charge is -2.22. The van der Waals surface area contributed by atoms with Gasteiger partial charge in [0.2, 0.25) is 0 Å². The zero-order chi connectivity index (χ0) is 12.4. The fourth-order valence-corrected chi connectivity index (χ4v) is 3.16. The first-order chi connectivity index (χ1) is 8.83. The summed E-state index contributed by atoms with van der Waals surface area (Å²) in [5.74, 6) is 0.855. The van der Waals surface area contributed by atoms with E-state index in [0.29, 0.717) is 6.04 Å². The number of hydrogen-bond donors (Lipinski definition) is 0. The molecule has 94 valence electrons. The van der Waals surface area contributed by atoms with Gasteiger partial charge in [-0.3, -0.25) is 4.90 Å². The molecule has 1 aliphatic heterocycles. The summed E-state index contributed by atoms with van der Waals surface area (Å²) < 4.78 is 0. The normalized spacial score (nSPS) is 20.4. The molecule has 1 unspecified atom stereocenters. The van der Waals surface area contributed by atoms with E-state index < -0.39 is 0 Å². The maximum atomic E-state index is 4.56. The van der Waals surface area contributed by atoms with Crippen molar-refractivity contribution in [3.63, 3.8) is 0 Å². The fraction of sp³-hybridized carbons (Fsp3) is 0.462. The second kappa shape index (κ2) is 5.12. The van der Waals surface area contributed by atoms with Crippen molar-refractivity contribution in [2.24, 2.45) is 0 Å². The number of nitrogens with zero attached hydrogens (tertiary/aromatic N) is 4. The van der Waals surface area contributed by atoms with Crippen molar-refractivity contribution in [2.45, 2.75) is 32.4 Å². The van der Waals surface area contributed by atoms with E-state index >= 15 is 0 Å². The Morgan fingerprint density at radius 2 is 2.33 bits per heavy atom. The lowest BCUT2D eigenvalue weighted by atomic mass is 10.1. The van der Waals surface area contributed by atoms with Crippen LogP contribution in [-0.2, 0) is 6.54 Å². The second-order valence-corrected chi connectivity index (χ2v) is 5.56. The van der Waals surface area contributed by atoms with E-state index in [9.17, 15) is 0 Å². The van der Waals surface area contributed by atoms with Gasteiger partial charge in [-0.1, -0.05) is 0 Å². The Morgan fingerprint density at radius 3 is 3.11 bits per heavy atom. The van der Waals surface area contributed by atoms with Crippen LogP contribution < -0.4 is 0 Å². The molecule has 0 N–H and O–H groups in total. The van der Waals surface area contributed by atoms with Crippen LogP contribution in [0.5, 0.6) is 0 Å². The number of aryl methyl sites for hydroxylation is 1. The van der Waals surface area contributed by atoms with Gasteiger partial charge in [0.05, 0.1) is 18.3 Å². The molecule has 0 amide bonds. The van der Waals surface area contributed by atoms with Crippen LogP contribution in [0.25, 0.3) is 0 Å². The van der Waals surface area contributed by atoms with Crippen LogP contribution in [0.3, 0.4) is 0 Å². The predicted molar refractivity (Wildman–Crippen MR) is 71.3 cm³/mol. The molecule has 0 aliphatic carbocycles.